The van der Waals surface area contributed by atoms with Crippen molar-refractivity contribution in [3.63, 3.8) is 0 Å². The zero-order chi connectivity index (χ0) is 15.7. The van der Waals surface area contributed by atoms with Crippen LogP contribution in [0.2, 0.25) is 0 Å². The Kier molecular flexibility index (Phi) is 3.81. The average molecular weight is 305 g/mol. The highest BCUT2D eigenvalue weighted by atomic mass is 19.1. The number of nitrogen functional groups attached to an aromatic ring is 1. The van der Waals surface area contributed by atoms with Crippen molar-refractivity contribution in [2.75, 3.05) is 31.9 Å². The van der Waals surface area contributed by atoms with Gasteiger partial charge in [0.25, 0.3) is 0 Å². The standard InChI is InChI=1S/C15H16FN3O3/c16-11-7-10-9(5-14(20)19-3-1-18-2-4-19)6-15(21)22-13(10)8-12(11)17/h6-8,18H,1-5,17H2. The molecule has 1 aliphatic rings. The number of piperazine rings is 1. The van der Waals surface area contributed by atoms with E-state index in [2.05, 4.69) is 5.32 Å². The Morgan fingerprint density at radius 3 is 2.77 bits per heavy atom. The van der Waals surface area contributed by atoms with Crippen molar-refractivity contribution >= 4 is 22.6 Å². The molecule has 1 aliphatic heterocycles. The molecule has 1 fully saturated rings. The number of benzene rings is 1. The molecule has 1 aromatic carbocycles. The first-order valence-corrected chi connectivity index (χ1v) is 7.05. The van der Waals surface area contributed by atoms with Crippen LogP contribution in [0.25, 0.3) is 11.0 Å². The lowest BCUT2D eigenvalue weighted by Gasteiger charge is -2.27. The van der Waals surface area contributed by atoms with Gasteiger partial charge in [0, 0.05) is 43.7 Å². The molecule has 7 heteroatoms. The van der Waals surface area contributed by atoms with Gasteiger partial charge in [0.2, 0.25) is 5.91 Å². The highest BCUT2D eigenvalue weighted by Crippen LogP contribution is 2.23. The van der Waals surface area contributed by atoms with Gasteiger partial charge in [-0.25, -0.2) is 9.18 Å². The van der Waals surface area contributed by atoms with Gasteiger partial charge in [-0.3, -0.25) is 4.79 Å². The number of anilines is 1. The minimum absolute atomic E-state index is 0.0332. The number of carbonyl (C=O) groups excluding carboxylic acids is 1. The number of nitrogens with zero attached hydrogens (tertiary/aromatic N) is 1. The van der Waals surface area contributed by atoms with Crippen LogP contribution in [-0.2, 0) is 11.2 Å². The van der Waals surface area contributed by atoms with E-state index in [1.165, 1.54) is 18.2 Å². The molecule has 0 spiro atoms. The molecule has 1 saturated heterocycles. The molecular formula is C15H16FN3O3. The fourth-order valence-electron chi connectivity index (χ4n) is 2.60. The molecule has 0 radical (unpaired) electrons. The fraction of sp³-hybridized carbons (Fsp3) is 0.333. The van der Waals surface area contributed by atoms with Gasteiger partial charge in [-0.15, -0.1) is 0 Å². The zero-order valence-corrected chi connectivity index (χ0v) is 11.9. The minimum Gasteiger partial charge on any atom is -0.423 e. The SMILES string of the molecule is Nc1cc2oc(=O)cc(CC(=O)N3CCNCC3)c2cc1F. The summed E-state index contributed by atoms with van der Waals surface area (Å²) in [6, 6.07) is 3.71. The number of nitrogens with two attached hydrogens (primary N) is 1. The van der Waals surface area contributed by atoms with Gasteiger partial charge >= 0.3 is 5.63 Å². The van der Waals surface area contributed by atoms with Gasteiger partial charge in [0.05, 0.1) is 12.1 Å². The number of halogens is 1. The first-order valence-electron chi connectivity index (χ1n) is 7.05. The molecule has 2 heterocycles. The van der Waals surface area contributed by atoms with Crippen LogP contribution in [-0.4, -0.2) is 37.0 Å². The second-order valence-corrected chi connectivity index (χ2v) is 5.27. The molecule has 3 rings (SSSR count). The van der Waals surface area contributed by atoms with Gasteiger partial charge in [0.15, 0.2) is 0 Å². The van der Waals surface area contributed by atoms with E-state index < -0.39 is 11.4 Å². The molecule has 2 aromatic rings. The maximum absolute atomic E-state index is 13.7. The zero-order valence-electron chi connectivity index (χ0n) is 11.9. The molecule has 3 N–H and O–H groups in total. The first kappa shape index (κ1) is 14.5. The molecular weight excluding hydrogens is 289 g/mol. The summed E-state index contributed by atoms with van der Waals surface area (Å²) >= 11 is 0. The van der Waals surface area contributed by atoms with E-state index in [4.69, 9.17) is 10.2 Å². The lowest BCUT2D eigenvalue weighted by Crippen LogP contribution is -2.47. The summed E-state index contributed by atoms with van der Waals surface area (Å²) in [6.07, 6.45) is 0.0332. The van der Waals surface area contributed by atoms with Crippen LogP contribution in [0.4, 0.5) is 10.1 Å². The van der Waals surface area contributed by atoms with Gasteiger partial charge in [0.1, 0.15) is 11.4 Å². The van der Waals surface area contributed by atoms with E-state index in [0.29, 0.717) is 24.0 Å². The van der Waals surface area contributed by atoms with Crippen LogP contribution in [0, 0.1) is 5.82 Å². The van der Waals surface area contributed by atoms with E-state index in [1.807, 2.05) is 0 Å². The van der Waals surface area contributed by atoms with Crippen LogP contribution >= 0.6 is 0 Å². The van der Waals surface area contributed by atoms with Crippen molar-refractivity contribution < 1.29 is 13.6 Å². The van der Waals surface area contributed by atoms with E-state index in [1.54, 1.807) is 4.90 Å². The highest BCUT2D eigenvalue weighted by Gasteiger charge is 2.19. The third kappa shape index (κ3) is 2.80. The predicted octanol–water partition coefficient (Wildman–Crippen LogP) is 0.489. The van der Waals surface area contributed by atoms with E-state index in [0.717, 1.165) is 13.1 Å². The number of amides is 1. The summed E-state index contributed by atoms with van der Waals surface area (Å²) in [5.74, 6) is -0.692. The third-order valence-corrected chi connectivity index (χ3v) is 3.76. The van der Waals surface area contributed by atoms with E-state index in [9.17, 15) is 14.0 Å². The second-order valence-electron chi connectivity index (χ2n) is 5.27. The number of rotatable bonds is 2. The number of nitrogens with one attached hydrogen (secondary N) is 1. The molecule has 0 bridgehead atoms. The minimum atomic E-state index is -0.600. The summed E-state index contributed by atoms with van der Waals surface area (Å²) in [4.78, 5) is 25.7. The number of hydrogen-bond acceptors (Lipinski definition) is 5. The van der Waals surface area contributed by atoms with E-state index >= 15 is 0 Å². The van der Waals surface area contributed by atoms with E-state index in [-0.39, 0.29) is 23.6 Å². The Balaban J connectivity index is 1.97. The van der Waals surface area contributed by atoms with Gasteiger partial charge in [-0.05, 0) is 11.6 Å². The van der Waals surface area contributed by atoms with Crippen LogP contribution in [0.5, 0.6) is 0 Å². The molecule has 0 aliphatic carbocycles. The van der Waals surface area contributed by atoms with Gasteiger partial charge in [-0.1, -0.05) is 0 Å². The van der Waals surface area contributed by atoms with Crippen LogP contribution in [0.15, 0.2) is 27.4 Å². The smallest absolute Gasteiger partial charge is 0.336 e. The molecule has 1 aromatic heterocycles. The average Bonchev–Trinajstić information content (AvgIpc) is 2.50. The van der Waals surface area contributed by atoms with Crippen LogP contribution in [0.1, 0.15) is 5.56 Å². The maximum atomic E-state index is 13.7. The Morgan fingerprint density at radius 1 is 1.32 bits per heavy atom. The molecule has 0 saturated carbocycles. The summed E-state index contributed by atoms with van der Waals surface area (Å²) in [7, 11) is 0. The predicted molar refractivity (Wildman–Crippen MR) is 80.0 cm³/mol. The number of fused-ring (bicyclic) bond motifs is 1. The molecule has 1 amide bonds. The number of hydrogen-bond donors (Lipinski definition) is 2. The Morgan fingerprint density at radius 2 is 2.05 bits per heavy atom. The number of carbonyl (C=O) groups is 1. The summed E-state index contributed by atoms with van der Waals surface area (Å²) < 4.78 is 18.7. The lowest BCUT2D eigenvalue weighted by molar-refractivity contribution is -0.131. The first-order chi connectivity index (χ1) is 10.5. The molecule has 0 atom stereocenters. The lowest BCUT2D eigenvalue weighted by atomic mass is 10.1. The summed E-state index contributed by atoms with van der Waals surface area (Å²) in [5.41, 5.74) is 5.45. The second kappa shape index (κ2) is 5.76. The highest BCUT2D eigenvalue weighted by molar-refractivity contribution is 5.88. The third-order valence-electron chi connectivity index (χ3n) is 3.76. The van der Waals surface area contributed by atoms with Crippen LogP contribution < -0.4 is 16.7 Å². The van der Waals surface area contributed by atoms with Crippen molar-refractivity contribution in [3.8, 4) is 0 Å². The Labute approximate surface area is 125 Å². The van der Waals surface area contributed by atoms with Gasteiger partial charge in [-0.2, -0.15) is 0 Å². The van der Waals surface area contributed by atoms with Crippen molar-refractivity contribution in [2.45, 2.75) is 6.42 Å². The Bertz CT molecular complexity index is 781. The normalized spacial score (nSPS) is 15.2. The molecule has 6 nitrogen and oxygen atoms in total. The topological polar surface area (TPSA) is 88.6 Å². The maximum Gasteiger partial charge on any atom is 0.336 e. The van der Waals surface area contributed by atoms with Crippen LogP contribution in [0.3, 0.4) is 0 Å². The molecule has 22 heavy (non-hydrogen) atoms. The monoisotopic (exact) mass is 305 g/mol. The molecule has 116 valence electrons. The van der Waals surface area contributed by atoms with Crippen molar-refractivity contribution in [1.29, 1.82) is 0 Å². The molecule has 0 unspecified atom stereocenters. The quantitative estimate of drug-likeness (QED) is 0.622. The largest absolute Gasteiger partial charge is 0.423 e. The Hall–Kier alpha value is -2.41. The fourth-order valence-corrected chi connectivity index (χ4v) is 2.60. The van der Waals surface area contributed by atoms with Crippen molar-refractivity contribution in [3.05, 3.63) is 40.0 Å². The van der Waals surface area contributed by atoms with Gasteiger partial charge < -0.3 is 20.4 Å². The summed E-state index contributed by atoms with van der Waals surface area (Å²) in [5, 5.41) is 3.56. The van der Waals surface area contributed by atoms with Crippen molar-refractivity contribution in [2.24, 2.45) is 0 Å². The van der Waals surface area contributed by atoms with Crippen molar-refractivity contribution in [1.82, 2.24) is 10.2 Å². The summed E-state index contributed by atoms with van der Waals surface area (Å²) in [6.45, 7) is 2.74.